The minimum absolute atomic E-state index is 0.390. The Hall–Kier alpha value is -0.230. The van der Waals surface area contributed by atoms with E-state index in [0.717, 1.165) is 6.92 Å². The minimum Gasteiger partial charge on any atom is -0.464 e. The fraction of sp³-hybridized carbons (Fsp3) is 0.600. The predicted octanol–water partition coefficient (Wildman–Crippen LogP) is 0.0173. The number of alkyl halides is 1. The van der Waals surface area contributed by atoms with Gasteiger partial charge in [-0.25, -0.2) is 0 Å². The summed E-state index contributed by atoms with van der Waals surface area (Å²) in [4.78, 5) is 36.7. The van der Waals surface area contributed by atoms with Gasteiger partial charge in [0.25, 0.3) is 5.52 Å². The Kier molecular flexibility index (Phi) is 4.77. The molecule has 0 bridgehead atoms. The highest BCUT2D eigenvalue weighted by molar-refractivity contribution is 9.10. The van der Waals surface area contributed by atoms with E-state index in [0.29, 0.717) is 0 Å². The van der Waals surface area contributed by atoms with Crippen molar-refractivity contribution in [2.75, 3.05) is 6.61 Å². The quantitative estimate of drug-likeness (QED) is 0.426. The molecule has 0 aromatic heterocycles. The van der Waals surface area contributed by atoms with Crippen LogP contribution in [-0.4, -0.2) is 32.7 Å². The molecule has 0 unspecified atom stereocenters. The van der Waals surface area contributed by atoms with E-state index in [1.165, 1.54) is 0 Å². The molecule has 0 aromatic carbocycles. The van der Waals surface area contributed by atoms with Gasteiger partial charge < -0.3 is 14.5 Å². The molecule has 0 radical (unpaired) electrons. The van der Waals surface area contributed by atoms with Crippen molar-refractivity contribution in [2.24, 2.45) is 0 Å². The first-order chi connectivity index (χ1) is 5.75. The van der Waals surface area contributed by atoms with E-state index in [-0.39, 0.29) is 6.61 Å². The third kappa shape index (κ3) is 5.15. The molecule has 8 heteroatoms. The SMILES string of the molecule is CC(=O)OC[C@H](Br)C(=O)P(=O)(O)O. The van der Waals surface area contributed by atoms with Crippen LogP contribution in [0.5, 0.6) is 0 Å². The lowest BCUT2D eigenvalue weighted by Crippen LogP contribution is -2.21. The van der Waals surface area contributed by atoms with Crippen LogP contribution in [0.15, 0.2) is 0 Å². The first kappa shape index (κ1) is 12.8. The Balaban J connectivity index is 4.13. The summed E-state index contributed by atoms with van der Waals surface area (Å²) in [5, 5.41) is 0. The Bertz CT molecular complexity index is 258. The molecule has 0 aliphatic heterocycles. The van der Waals surface area contributed by atoms with Crippen LogP contribution in [0.2, 0.25) is 0 Å². The van der Waals surface area contributed by atoms with E-state index in [1.807, 2.05) is 0 Å². The summed E-state index contributed by atoms with van der Waals surface area (Å²) in [6.45, 7) is 0.737. The standard InChI is InChI=1S/C5H8BrO6P/c1-3(7)12-2-4(6)5(8)13(9,10)11/h4H,2H2,1H3,(H2,9,10,11)/t4-/m0/s1. The van der Waals surface area contributed by atoms with Crippen molar-refractivity contribution in [1.29, 1.82) is 0 Å². The lowest BCUT2D eigenvalue weighted by molar-refractivity contribution is -0.141. The second-order valence-electron chi connectivity index (χ2n) is 2.15. The molecule has 0 fully saturated rings. The van der Waals surface area contributed by atoms with Crippen LogP contribution in [0.25, 0.3) is 0 Å². The third-order valence-electron chi connectivity index (χ3n) is 0.988. The van der Waals surface area contributed by atoms with Gasteiger partial charge in [0.15, 0.2) is 0 Å². The molecule has 13 heavy (non-hydrogen) atoms. The second kappa shape index (κ2) is 4.85. The van der Waals surface area contributed by atoms with Crippen LogP contribution in [-0.2, 0) is 18.9 Å². The van der Waals surface area contributed by atoms with Crippen molar-refractivity contribution in [3.8, 4) is 0 Å². The summed E-state index contributed by atoms with van der Waals surface area (Å²) >= 11 is 2.69. The maximum Gasteiger partial charge on any atom is 0.392 e. The number of hydrogen-bond acceptors (Lipinski definition) is 4. The van der Waals surface area contributed by atoms with Gasteiger partial charge in [-0.15, -0.1) is 0 Å². The zero-order chi connectivity index (χ0) is 10.6. The molecule has 1 atom stereocenters. The Morgan fingerprint density at radius 3 is 2.31 bits per heavy atom. The zero-order valence-corrected chi connectivity index (χ0v) is 9.12. The molecule has 0 heterocycles. The average Bonchev–Trinajstić information content (AvgIpc) is 1.96. The summed E-state index contributed by atoms with van der Waals surface area (Å²) in [6, 6.07) is 0. The van der Waals surface area contributed by atoms with Crippen LogP contribution in [0.3, 0.4) is 0 Å². The van der Waals surface area contributed by atoms with E-state index in [1.54, 1.807) is 0 Å². The van der Waals surface area contributed by atoms with Crippen molar-refractivity contribution in [1.82, 2.24) is 0 Å². The molecule has 0 saturated heterocycles. The number of esters is 1. The van der Waals surface area contributed by atoms with E-state index < -0.39 is 23.9 Å². The molecule has 0 aliphatic carbocycles. The van der Waals surface area contributed by atoms with Crippen LogP contribution < -0.4 is 0 Å². The van der Waals surface area contributed by atoms with Crippen molar-refractivity contribution < 1.29 is 28.7 Å². The van der Waals surface area contributed by atoms with E-state index >= 15 is 0 Å². The topological polar surface area (TPSA) is 101 Å². The summed E-state index contributed by atoms with van der Waals surface area (Å²) in [5.74, 6) is -0.622. The summed E-state index contributed by atoms with van der Waals surface area (Å²) in [6.07, 6.45) is 0. The van der Waals surface area contributed by atoms with Crippen molar-refractivity contribution >= 4 is 35.0 Å². The Morgan fingerprint density at radius 2 is 2.00 bits per heavy atom. The third-order valence-corrected chi connectivity index (χ3v) is 2.91. The van der Waals surface area contributed by atoms with Crippen LogP contribution in [0, 0.1) is 0 Å². The molecule has 6 nitrogen and oxygen atoms in total. The number of ether oxygens (including phenoxy) is 1. The molecular formula is C5H8BrO6P. The molecular weight excluding hydrogens is 267 g/mol. The molecule has 0 amide bonds. The van der Waals surface area contributed by atoms with Gasteiger partial charge >= 0.3 is 13.6 Å². The molecule has 0 spiro atoms. The Morgan fingerprint density at radius 1 is 1.54 bits per heavy atom. The van der Waals surface area contributed by atoms with Crippen molar-refractivity contribution in [2.45, 2.75) is 11.8 Å². The molecule has 0 rings (SSSR count). The van der Waals surface area contributed by atoms with Crippen LogP contribution >= 0.6 is 23.5 Å². The first-order valence-corrected chi connectivity index (χ1v) is 5.65. The molecule has 76 valence electrons. The molecule has 0 saturated carbocycles. The average molecular weight is 275 g/mol. The largest absolute Gasteiger partial charge is 0.464 e. The number of rotatable bonds is 4. The lowest BCUT2D eigenvalue weighted by atomic mass is 10.5. The number of carbonyl (C=O) groups is 2. The monoisotopic (exact) mass is 274 g/mol. The van der Waals surface area contributed by atoms with Gasteiger partial charge in [0.2, 0.25) is 0 Å². The van der Waals surface area contributed by atoms with Gasteiger partial charge in [0.1, 0.15) is 11.4 Å². The summed E-state index contributed by atoms with van der Waals surface area (Å²) in [7, 11) is -4.75. The zero-order valence-electron chi connectivity index (χ0n) is 6.64. The maximum absolute atomic E-state index is 10.8. The fourth-order valence-electron chi connectivity index (χ4n) is 0.444. The van der Waals surface area contributed by atoms with E-state index in [9.17, 15) is 14.2 Å². The number of carbonyl (C=O) groups excluding carboxylic acids is 2. The highest BCUT2D eigenvalue weighted by atomic mass is 79.9. The highest BCUT2D eigenvalue weighted by Crippen LogP contribution is 2.38. The predicted molar refractivity (Wildman–Crippen MR) is 46.4 cm³/mol. The molecule has 0 aliphatic rings. The van der Waals surface area contributed by atoms with Gasteiger partial charge in [-0.3, -0.25) is 14.2 Å². The van der Waals surface area contributed by atoms with Crippen LogP contribution in [0.4, 0.5) is 0 Å². The van der Waals surface area contributed by atoms with Crippen molar-refractivity contribution in [3.63, 3.8) is 0 Å². The van der Waals surface area contributed by atoms with Gasteiger partial charge in [-0.05, 0) is 0 Å². The summed E-state index contributed by atoms with van der Waals surface area (Å²) in [5.41, 5.74) is -1.30. The molecule has 0 aromatic rings. The van der Waals surface area contributed by atoms with Crippen molar-refractivity contribution in [3.05, 3.63) is 0 Å². The smallest absolute Gasteiger partial charge is 0.392 e. The van der Waals surface area contributed by atoms with E-state index in [4.69, 9.17) is 9.79 Å². The first-order valence-electron chi connectivity index (χ1n) is 3.12. The van der Waals surface area contributed by atoms with E-state index in [2.05, 4.69) is 20.7 Å². The minimum atomic E-state index is -4.75. The van der Waals surface area contributed by atoms with Gasteiger partial charge in [-0.2, -0.15) is 0 Å². The number of hydrogen-bond donors (Lipinski definition) is 2. The fourth-order valence-corrected chi connectivity index (χ4v) is 1.82. The summed E-state index contributed by atoms with van der Waals surface area (Å²) < 4.78 is 14.8. The van der Waals surface area contributed by atoms with Gasteiger partial charge in [-0.1, -0.05) is 15.9 Å². The number of halogens is 1. The maximum atomic E-state index is 10.8. The Labute approximate surface area is 82.6 Å². The second-order valence-corrected chi connectivity index (χ2v) is 4.79. The normalized spacial score (nSPS) is 13.5. The van der Waals surface area contributed by atoms with Gasteiger partial charge in [0, 0.05) is 6.92 Å². The highest BCUT2D eigenvalue weighted by Gasteiger charge is 2.32. The molecule has 2 N–H and O–H groups in total. The lowest BCUT2D eigenvalue weighted by Gasteiger charge is -2.08. The van der Waals surface area contributed by atoms with Crippen LogP contribution in [0.1, 0.15) is 6.92 Å². The van der Waals surface area contributed by atoms with Gasteiger partial charge in [0.05, 0.1) is 0 Å².